The third kappa shape index (κ3) is 4.99. The Balaban J connectivity index is 1.21. The van der Waals surface area contributed by atoms with Crippen molar-refractivity contribution < 1.29 is 0 Å². The first-order valence-corrected chi connectivity index (χ1v) is 19.9. The summed E-state index contributed by atoms with van der Waals surface area (Å²) < 4.78 is 2.62. The molecule has 0 amide bonds. The molecule has 1 heterocycles. The SMILES string of the molecule is CC1(C)c2ccc(N(c3cccc(-c4ccccc4)c3)c3ccc(-c4ccccc4)c4cc5sc6ccccc6c5cc34)cc2-c2ccc3ccccc3c21. The fraction of sp³-hybridized carbons (Fsp3) is 0.0566. The second-order valence-corrected chi connectivity index (χ2v) is 16.4. The standard InChI is InChI=1S/C53H37NS/c1-53(2)48-28-25-39(31-45(48)43-26-24-36-18-9-10-21-41(36)52(43)53)54(38-20-13-19-37(30-38)34-14-5-3-6-15-34)49-29-27-40(35-16-7-4-8-17-35)44-33-51-47(32-46(44)49)42-22-11-12-23-50(42)55-51/h3-33H,1-2H3. The highest BCUT2D eigenvalue weighted by atomic mass is 32.1. The maximum Gasteiger partial charge on any atom is 0.0540 e. The minimum atomic E-state index is -0.127. The maximum atomic E-state index is 2.50. The summed E-state index contributed by atoms with van der Waals surface area (Å²) in [5.74, 6) is 0. The summed E-state index contributed by atoms with van der Waals surface area (Å²) in [7, 11) is 0. The zero-order chi connectivity index (χ0) is 36.7. The second-order valence-electron chi connectivity index (χ2n) is 15.3. The van der Waals surface area contributed by atoms with Gasteiger partial charge in [-0.3, -0.25) is 0 Å². The first-order chi connectivity index (χ1) is 27.0. The van der Waals surface area contributed by atoms with Crippen LogP contribution in [0.1, 0.15) is 25.0 Å². The topological polar surface area (TPSA) is 3.24 Å². The lowest BCUT2D eigenvalue weighted by Crippen LogP contribution is -2.16. The number of rotatable bonds is 5. The fourth-order valence-electron chi connectivity index (χ4n) is 9.24. The van der Waals surface area contributed by atoms with Gasteiger partial charge in [0, 0.05) is 42.3 Å². The molecule has 10 aromatic rings. The Kier molecular flexibility index (Phi) is 7.14. The Hall–Kier alpha value is -6.48. The Morgan fingerprint density at radius 1 is 0.400 bits per heavy atom. The van der Waals surface area contributed by atoms with Gasteiger partial charge in [0.2, 0.25) is 0 Å². The van der Waals surface area contributed by atoms with Crippen LogP contribution in [-0.2, 0) is 5.41 Å². The summed E-state index contributed by atoms with van der Waals surface area (Å²) in [5, 5.41) is 7.72. The van der Waals surface area contributed by atoms with Gasteiger partial charge in [0.05, 0.1) is 5.69 Å². The van der Waals surface area contributed by atoms with Gasteiger partial charge >= 0.3 is 0 Å². The van der Waals surface area contributed by atoms with Crippen LogP contribution in [0, 0.1) is 0 Å². The Morgan fingerprint density at radius 2 is 1.09 bits per heavy atom. The molecule has 0 atom stereocenters. The molecule has 1 aromatic heterocycles. The largest absolute Gasteiger partial charge is 0.310 e. The second kappa shape index (κ2) is 12.3. The van der Waals surface area contributed by atoms with Gasteiger partial charge in [-0.2, -0.15) is 0 Å². The van der Waals surface area contributed by atoms with Crippen LogP contribution >= 0.6 is 11.3 Å². The van der Waals surface area contributed by atoms with E-state index in [0.717, 1.165) is 17.1 Å². The number of thiophene rings is 1. The zero-order valence-corrected chi connectivity index (χ0v) is 31.6. The van der Waals surface area contributed by atoms with Gasteiger partial charge < -0.3 is 4.90 Å². The molecule has 0 saturated heterocycles. The van der Waals surface area contributed by atoms with Crippen molar-refractivity contribution in [2.45, 2.75) is 19.3 Å². The van der Waals surface area contributed by atoms with Crippen molar-refractivity contribution in [3.05, 3.63) is 199 Å². The number of hydrogen-bond donors (Lipinski definition) is 0. The molecule has 0 spiro atoms. The highest BCUT2D eigenvalue weighted by molar-refractivity contribution is 7.25. The first kappa shape index (κ1) is 32.0. The number of hydrogen-bond acceptors (Lipinski definition) is 2. The summed E-state index contributed by atoms with van der Waals surface area (Å²) in [6.45, 7) is 4.77. The van der Waals surface area contributed by atoms with E-state index >= 15 is 0 Å². The van der Waals surface area contributed by atoms with E-state index in [0.29, 0.717) is 0 Å². The average Bonchev–Trinajstić information content (AvgIpc) is 3.71. The fourth-order valence-corrected chi connectivity index (χ4v) is 10.4. The molecule has 1 aliphatic rings. The molecule has 0 fully saturated rings. The molecule has 0 saturated carbocycles. The predicted octanol–water partition coefficient (Wildman–Crippen LogP) is 15.5. The molecule has 0 bridgehead atoms. The van der Waals surface area contributed by atoms with Crippen molar-refractivity contribution in [1.29, 1.82) is 0 Å². The van der Waals surface area contributed by atoms with E-state index in [2.05, 4.69) is 207 Å². The Morgan fingerprint density at radius 3 is 1.93 bits per heavy atom. The van der Waals surface area contributed by atoms with Crippen molar-refractivity contribution in [1.82, 2.24) is 0 Å². The van der Waals surface area contributed by atoms with Gasteiger partial charge in [0.25, 0.3) is 0 Å². The molecular formula is C53H37NS. The van der Waals surface area contributed by atoms with Crippen LogP contribution < -0.4 is 4.90 Å². The first-order valence-electron chi connectivity index (χ1n) is 19.1. The van der Waals surface area contributed by atoms with Crippen molar-refractivity contribution in [2.75, 3.05) is 4.90 Å². The molecule has 260 valence electrons. The van der Waals surface area contributed by atoms with E-state index < -0.39 is 0 Å². The van der Waals surface area contributed by atoms with Gasteiger partial charge in [0.1, 0.15) is 0 Å². The van der Waals surface area contributed by atoms with E-state index in [-0.39, 0.29) is 5.41 Å². The number of nitrogens with zero attached hydrogens (tertiary/aromatic N) is 1. The van der Waals surface area contributed by atoms with Crippen LogP contribution in [0.2, 0.25) is 0 Å². The normalized spacial score (nSPS) is 13.1. The van der Waals surface area contributed by atoms with E-state index in [1.54, 1.807) is 0 Å². The van der Waals surface area contributed by atoms with Crippen molar-refractivity contribution in [3.8, 4) is 33.4 Å². The summed E-state index contributed by atoms with van der Waals surface area (Å²) in [5.41, 5.74) is 13.6. The Labute approximate surface area is 325 Å². The van der Waals surface area contributed by atoms with Crippen LogP contribution in [0.15, 0.2) is 188 Å². The summed E-state index contributed by atoms with van der Waals surface area (Å²) in [4.78, 5) is 2.50. The Bertz CT molecular complexity index is 3120. The lowest BCUT2D eigenvalue weighted by atomic mass is 9.80. The van der Waals surface area contributed by atoms with E-state index in [4.69, 9.17) is 0 Å². The lowest BCUT2D eigenvalue weighted by Gasteiger charge is -2.29. The number of benzene rings is 9. The van der Waals surface area contributed by atoms with Gasteiger partial charge in [0.15, 0.2) is 0 Å². The van der Waals surface area contributed by atoms with Crippen LogP contribution in [0.4, 0.5) is 17.1 Å². The minimum Gasteiger partial charge on any atom is -0.310 e. The van der Waals surface area contributed by atoms with Gasteiger partial charge in [-0.1, -0.05) is 153 Å². The van der Waals surface area contributed by atoms with Crippen LogP contribution in [0.25, 0.3) is 75.1 Å². The maximum absolute atomic E-state index is 2.50. The molecular weight excluding hydrogens is 683 g/mol. The average molecular weight is 720 g/mol. The highest BCUT2D eigenvalue weighted by Crippen LogP contribution is 2.54. The molecule has 9 aromatic carbocycles. The predicted molar refractivity (Wildman–Crippen MR) is 237 cm³/mol. The molecule has 1 aliphatic carbocycles. The van der Waals surface area contributed by atoms with Crippen LogP contribution in [0.5, 0.6) is 0 Å². The van der Waals surface area contributed by atoms with E-state index in [1.165, 1.54) is 86.2 Å². The molecule has 1 nitrogen and oxygen atoms in total. The minimum absolute atomic E-state index is 0.127. The van der Waals surface area contributed by atoms with Crippen molar-refractivity contribution in [2.24, 2.45) is 0 Å². The molecule has 2 heteroatoms. The smallest absolute Gasteiger partial charge is 0.0540 e. The summed E-state index contributed by atoms with van der Waals surface area (Å²) >= 11 is 1.88. The van der Waals surface area contributed by atoms with Crippen molar-refractivity contribution in [3.63, 3.8) is 0 Å². The zero-order valence-electron chi connectivity index (χ0n) is 30.8. The number of fused-ring (bicyclic) bond motifs is 9. The van der Waals surface area contributed by atoms with Crippen LogP contribution in [-0.4, -0.2) is 0 Å². The molecule has 11 rings (SSSR count). The molecule has 0 aliphatic heterocycles. The molecule has 0 N–H and O–H groups in total. The molecule has 55 heavy (non-hydrogen) atoms. The van der Waals surface area contributed by atoms with E-state index in [1.807, 2.05) is 11.3 Å². The number of anilines is 3. The lowest BCUT2D eigenvalue weighted by molar-refractivity contribution is 0.666. The van der Waals surface area contributed by atoms with Crippen molar-refractivity contribution >= 4 is 70.1 Å². The monoisotopic (exact) mass is 719 g/mol. The quantitative estimate of drug-likeness (QED) is 0.171. The molecule has 0 unspecified atom stereocenters. The third-order valence-corrected chi connectivity index (χ3v) is 12.9. The van der Waals surface area contributed by atoms with Gasteiger partial charge in [-0.05, 0) is 109 Å². The van der Waals surface area contributed by atoms with Gasteiger partial charge in [-0.25, -0.2) is 0 Å². The summed E-state index contributed by atoms with van der Waals surface area (Å²) in [6, 6.07) is 69.7. The summed E-state index contributed by atoms with van der Waals surface area (Å²) in [6.07, 6.45) is 0. The van der Waals surface area contributed by atoms with Gasteiger partial charge in [-0.15, -0.1) is 11.3 Å². The van der Waals surface area contributed by atoms with Crippen LogP contribution in [0.3, 0.4) is 0 Å². The third-order valence-electron chi connectivity index (χ3n) is 11.8. The van der Waals surface area contributed by atoms with E-state index in [9.17, 15) is 0 Å². The highest BCUT2D eigenvalue weighted by Gasteiger charge is 2.37. The molecule has 0 radical (unpaired) electrons.